The highest BCUT2D eigenvalue weighted by atomic mass is 19.4. The van der Waals surface area contributed by atoms with Crippen molar-refractivity contribution in [2.75, 3.05) is 11.4 Å². The van der Waals surface area contributed by atoms with Crippen LogP contribution in [-0.2, 0) is 6.54 Å². The fraction of sp³-hybridized carbons (Fsp3) is 0.643. The first-order valence-electron chi connectivity index (χ1n) is 7.03. The lowest BCUT2D eigenvalue weighted by Gasteiger charge is -2.25. The summed E-state index contributed by atoms with van der Waals surface area (Å²) in [5, 5.41) is 3.36. The predicted octanol–water partition coefficient (Wildman–Crippen LogP) is 2.86. The van der Waals surface area contributed by atoms with Crippen LogP contribution in [0.25, 0.3) is 0 Å². The van der Waals surface area contributed by atoms with Crippen LogP contribution < -0.4 is 10.2 Å². The molecule has 20 heavy (non-hydrogen) atoms. The molecule has 0 aliphatic heterocycles. The van der Waals surface area contributed by atoms with Crippen LogP contribution >= 0.6 is 0 Å². The van der Waals surface area contributed by atoms with Crippen molar-refractivity contribution < 1.29 is 13.2 Å². The van der Waals surface area contributed by atoms with E-state index in [1.54, 1.807) is 12.3 Å². The lowest BCUT2D eigenvalue weighted by molar-refractivity contribution is -0.120. The highest BCUT2D eigenvalue weighted by Crippen LogP contribution is 2.33. The van der Waals surface area contributed by atoms with Gasteiger partial charge in [0.2, 0.25) is 0 Å². The molecule has 6 heteroatoms. The number of halogens is 3. The molecular weight excluding hydrogens is 267 g/mol. The van der Waals surface area contributed by atoms with Gasteiger partial charge in [0, 0.05) is 24.8 Å². The van der Waals surface area contributed by atoms with Gasteiger partial charge >= 0.3 is 6.18 Å². The molecule has 110 valence electrons. The van der Waals surface area contributed by atoms with E-state index < -0.39 is 12.7 Å². The maximum Gasteiger partial charge on any atom is 0.405 e. The van der Waals surface area contributed by atoms with Gasteiger partial charge in [-0.2, -0.15) is 13.2 Å². The van der Waals surface area contributed by atoms with E-state index in [0.717, 1.165) is 18.4 Å². The minimum absolute atomic E-state index is 0.00392. The van der Waals surface area contributed by atoms with E-state index >= 15 is 0 Å². The molecule has 2 aliphatic carbocycles. The summed E-state index contributed by atoms with van der Waals surface area (Å²) >= 11 is 0. The maximum absolute atomic E-state index is 12.7. The smallest absolute Gasteiger partial charge is 0.345 e. The minimum Gasteiger partial charge on any atom is -0.345 e. The van der Waals surface area contributed by atoms with Crippen molar-refractivity contribution in [3.05, 3.63) is 23.9 Å². The number of aromatic nitrogens is 1. The van der Waals surface area contributed by atoms with Crippen molar-refractivity contribution in [1.82, 2.24) is 10.3 Å². The molecule has 0 atom stereocenters. The summed E-state index contributed by atoms with van der Waals surface area (Å²) in [5.74, 6) is 0.444. The second-order valence-corrected chi connectivity index (χ2v) is 5.65. The van der Waals surface area contributed by atoms with Crippen molar-refractivity contribution >= 4 is 5.82 Å². The predicted molar refractivity (Wildman–Crippen MR) is 70.5 cm³/mol. The molecule has 0 amide bonds. The number of rotatable bonds is 6. The molecule has 3 nitrogen and oxygen atoms in total. The van der Waals surface area contributed by atoms with Gasteiger partial charge in [-0.05, 0) is 43.4 Å². The lowest BCUT2D eigenvalue weighted by Crippen LogP contribution is -2.36. The third kappa shape index (κ3) is 3.85. The molecule has 1 aromatic rings. The van der Waals surface area contributed by atoms with Crippen molar-refractivity contribution in [2.24, 2.45) is 0 Å². The zero-order chi connectivity index (χ0) is 14.2. The summed E-state index contributed by atoms with van der Waals surface area (Å²) < 4.78 is 38.0. The van der Waals surface area contributed by atoms with E-state index in [-0.39, 0.29) is 6.04 Å². The third-order valence-corrected chi connectivity index (χ3v) is 3.61. The molecule has 1 N–H and O–H groups in total. The molecule has 0 aromatic carbocycles. The van der Waals surface area contributed by atoms with Crippen molar-refractivity contribution in [3.63, 3.8) is 0 Å². The van der Waals surface area contributed by atoms with Crippen molar-refractivity contribution in [1.29, 1.82) is 0 Å². The fourth-order valence-electron chi connectivity index (χ4n) is 2.25. The highest BCUT2D eigenvalue weighted by molar-refractivity contribution is 5.44. The second-order valence-electron chi connectivity index (χ2n) is 5.65. The third-order valence-electron chi connectivity index (χ3n) is 3.61. The Morgan fingerprint density at radius 1 is 1.25 bits per heavy atom. The SMILES string of the molecule is FC(F)(F)CN(c1cc(CNC2CC2)ccn1)C1CC1. The fourth-order valence-corrected chi connectivity index (χ4v) is 2.25. The monoisotopic (exact) mass is 285 g/mol. The number of nitrogens with zero attached hydrogens (tertiary/aromatic N) is 2. The zero-order valence-electron chi connectivity index (χ0n) is 11.2. The molecule has 0 spiro atoms. The first-order valence-corrected chi connectivity index (χ1v) is 7.03. The van der Waals surface area contributed by atoms with Crippen LogP contribution in [0.2, 0.25) is 0 Å². The summed E-state index contributed by atoms with van der Waals surface area (Å²) in [4.78, 5) is 5.52. The first-order chi connectivity index (χ1) is 9.51. The van der Waals surface area contributed by atoms with E-state index in [4.69, 9.17) is 0 Å². The maximum atomic E-state index is 12.7. The Bertz CT molecular complexity index is 467. The Kier molecular flexibility index (Phi) is 3.58. The van der Waals surface area contributed by atoms with E-state index in [1.807, 2.05) is 6.07 Å². The van der Waals surface area contributed by atoms with E-state index in [9.17, 15) is 13.2 Å². The van der Waals surface area contributed by atoms with E-state index in [2.05, 4.69) is 10.3 Å². The van der Waals surface area contributed by atoms with Gasteiger partial charge in [-0.25, -0.2) is 4.98 Å². The van der Waals surface area contributed by atoms with Crippen LogP contribution in [0, 0.1) is 0 Å². The van der Waals surface area contributed by atoms with Crippen LogP contribution in [0.3, 0.4) is 0 Å². The number of alkyl halides is 3. The van der Waals surface area contributed by atoms with Gasteiger partial charge in [-0.15, -0.1) is 0 Å². The zero-order valence-corrected chi connectivity index (χ0v) is 11.2. The summed E-state index contributed by atoms with van der Waals surface area (Å²) in [6.07, 6.45) is 1.45. The minimum atomic E-state index is -4.19. The largest absolute Gasteiger partial charge is 0.405 e. The number of hydrogen-bond donors (Lipinski definition) is 1. The molecule has 0 bridgehead atoms. The number of nitrogens with one attached hydrogen (secondary N) is 1. The van der Waals surface area contributed by atoms with Gasteiger partial charge in [0.25, 0.3) is 0 Å². The Labute approximate surface area is 116 Å². The summed E-state index contributed by atoms with van der Waals surface area (Å²) in [5.41, 5.74) is 0.995. The Hall–Kier alpha value is -1.30. The quantitative estimate of drug-likeness (QED) is 0.871. The topological polar surface area (TPSA) is 28.2 Å². The van der Waals surface area contributed by atoms with E-state index in [1.165, 1.54) is 17.7 Å². The number of hydrogen-bond acceptors (Lipinski definition) is 3. The van der Waals surface area contributed by atoms with Crippen molar-refractivity contribution in [3.8, 4) is 0 Å². The van der Waals surface area contributed by atoms with Gasteiger partial charge in [0.15, 0.2) is 0 Å². The lowest BCUT2D eigenvalue weighted by atomic mass is 10.2. The van der Waals surface area contributed by atoms with Crippen LogP contribution in [0.4, 0.5) is 19.0 Å². The van der Waals surface area contributed by atoms with Crippen LogP contribution in [0.5, 0.6) is 0 Å². The molecule has 2 aliphatic rings. The second kappa shape index (κ2) is 5.24. The Balaban J connectivity index is 1.70. The van der Waals surface area contributed by atoms with E-state index in [0.29, 0.717) is 18.4 Å². The van der Waals surface area contributed by atoms with Gasteiger partial charge in [0.05, 0.1) is 0 Å². The van der Waals surface area contributed by atoms with Crippen LogP contribution in [-0.4, -0.2) is 29.8 Å². The van der Waals surface area contributed by atoms with Crippen LogP contribution in [0.1, 0.15) is 31.2 Å². The summed E-state index contributed by atoms with van der Waals surface area (Å²) in [6.45, 7) is -0.213. The number of anilines is 1. The average molecular weight is 285 g/mol. The summed E-state index contributed by atoms with van der Waals surface area (Å²) in [7, 11) is 0. The molecule has 2 fully saturated rings. The van der Waals surface area contributed by atoms with Gasteiger partial charge < -0.3 is 10.2 Å². The Morgan fingerprint density at radius 3 is 2.60 bits per heavy atom. The first kappa shape index (κ1) is 13.7. The molecule has 0 saturated heterocycles. The normalized spacial score (nSPS) is 19.1. The molecule has 1 heterocycles. The Morgan fingerprint density at radius 2 is 2.00 bits per heavy atom. The van der Waals surface area contributed by atoms with Gasteiger partial charge in [-0.1, -0.05) is 0 Å². The molecule has 3 rings (SSSR count). The average Bonchev–Trinajstić information content (AvgIpc) is 3.27. The van der Waals surface area contributed by atoms with Crippen molar-refractivity contribution in [2.45, 2.75) is 50.5 Å². The van der Waals surface area contributed by atoms with Gasteiger partial charge in [0.1, 0.15) is 12.4 Å². The highest BCUT2D eigenvalue weighted by Gasteiger charge is 2.38. The van der Waals surface area contributed by atoms with Gasteiger partial charge in [-0.3, -0.25) is 0 Å². The molecule has 0 unspecified atom stereocenters. The van der Waals surface area contributed by atoms with Crippen LogP contribution in [0.15, 0.2) is 18.3 Å². The number of pyridine rings is 1. The standard InChI is InChI=1S/C14H18F3N3/c15-14(16,17)9-20(12-3-4-12)13-7-10(5-6-18-13)8-19-11-1-2-11/h5-7,11-12,19H,1-4,8-9H2. The molecular formula is C14H18F3N3. The summed E-state index contributed by atoms with van der Waals surface area (Å²) in [6, 6.07) is 4.22. The molecule has 1 aromatic heterocycles. The molecule has 2 saturated carbocycles. The molecule has 0 radical (unpaired) electrons.